The van der Waals surface area contributed by atoms with E-state index < -0.39 is 17.3 Å². The minimum atomic E-state index is -1.08. The fourth-order valence-corrected chi connectivity index (χ4v) is 8.63. The maximum absolute atomic E-state index is 13.4. The molecule has 174 valence electrons. The molecule has 2 bridgehead atoms. The molecule has 3 fully saturated rings. The van der Waals surface area contributed by atoms with E-state index in [2.05, 4.69) is 13.0 Å². The highest BCUT2D eigenvalue weighted by atomic mass is 16.4. The number of benzene rings is 1. The molecule has 33 heavy (non-hydrogen) atoms. The first kappa shape index (κ1) is 22.3. The number of carboxylic acids is 1. The monoisotopic (exact) mass is 446 g/mol. The molecular weight excluding hydrogens is 412 g/mol. The van der Waals surface area contributed by atoms with Crippen LogP contribution in [0, 0.1) is 39.9 Å². The molecule has 3 saturated carbocycles. The molecule has 0 radical (unpaired) electrons. The van der Waals surface area contributed by atoms with Gasteiger partial charge in [0.2, 0.25) is 0 Å². The number of carbonyl (C=O) groups is 3. The number of ketones is 1. The van der Waals surface area contributed by atoms with Gasteiger partial charge in [0, 0.05) is 5.92 Å². The summed E-state index contributed by atoms with van der Waals surface area (Å²) in [4.78, 5) is 37.9. The first-order chi connectivity index (χ1) is 15.7. The van der Waals surface area contributed by atoms with Crippen LogP contribution in [0.1, 0.15) is 64.4 Å². The lowest BCUT2D eigenvalue weighted by molar-refractivity contribution is -0.190. The van der Waals surface area contributed by atoms with Crippen molar-refractivity contribution in [2.75, 3.05) is 0 Å². The summed E-state index contributed by atoms with van der Waals surface area (Å²) < 4.78 is 0. The molecule has 4 heteroatoms. The van der Waals surface area contributed by atoms with Crippen LogP contribution in [-0.4, -0.2) is 23.1 Å². The summed E-state index contributed by atoms with van der Waals surface area (Å²) in [6, 6.07) is 9.67. The van der Waals surface area contributed by atoms with Gasteiger partial charge in [-0.15, -0.1) is 0 Å². The van der Waals surface area contributed by atoms with E-state index in [1.54, 1.807) is 12.2 Å². The third-order valence-electron chi connectivity index (χ3n) is 10.1. The number of hydrogen-bond acceptors (Lipinski definition) is 3. The molecule has 1 aromatic carbocycles. The molecule has 1 aromatic rings. The number of carbonyl (C=O) groups excluding carboxylic acids is 2. The Morgan fingerprint density at radius 2 is 1.76 bits per heavy atom. The van der Waals surface area contributed by atoms with Crippen molar-refractivity contribution >= 4 is 24.1 Å². The Kier molecular flexibility index (Phi) is 5.26. The summed E-state index contributed by atoms with van der Waals surface area (Å²) >= 11 is 0. The van der Waals surface area contributed by atoms with Gasteiger partial charge >= 0.3 is 5.97 Å². The summed E-state index contributed by atoms with van der Waals surface area (Å²) in [6.07, 6.45) is 13.0. The topological polar surface area (TPSA) is 71.4 Å². The number of allylic oxidation sites excluding steroid dienone is 3. The predicted octanol–water partition coefficient (Wildman–Crippen LogP) is 5.73. The molecule has 0 aliphatic heterocycles. The quantitative estimate of drug-likeness (QED) is 0.463. The standard InChI is InChI=1S/C29H34O4/c1-27-14-12-22(23(31)10-8-19-6-4-3-5-7-19)28(2,26(32)33)24(27)13-15-29-16-20(9-11-25(27)29)21(17-29)18-30/h3-8,10,17-18,20,22,24-25H,9,11-16H2,1-2H3,(H,32,33)/b10-8+/t20-,22+,24+,25+,27-,28+,29+/m1/s1. The lowest BCUT2D eigenvalue weighted by Crippen LogP contribution is -2.61. The van der Waals surface area contributed by atoms with Crippen LogP contribution >= 0.6 is 0 Å². The number of carboxylic acid groups (broad SMARTS) is 1. The van der Waals surface area contributed by atoms with Crippen LogP contribution in [0.5, 0.6) is 0 Å². The fourth-order valence-electron chi connectivity index (χ4n) is 8.63. The first-order valence-electron chi connectivity index (χ1n) is 12.4. The zero-order valence-corrected chi connectivity index (χ0v) is 19.6. The third kappa shape index (κ3) is 3.20. The molecule has 7 atom stereocenters. The van der Waals surface area contributed by atoms with Gasteiger partial charge in [-0.25, -0.2) is 0 Å². The van der Waals surface area contributed by atoms with Crippen molar-refractivity contribution in [3.05, 3.63) is 53.6 Å². The lowest BCUT2D eigenvalue weighted by atomic mass is 9.39. The summed E-state index contributed by atoms with van der Waals surface area (Å²) in [6.45, 7) is 4.12. The van der Waals surface area contributed by atoms with Crippen LogP contribution in [-0.2, 0) is 14.4 Å². The Morgan fingerprint density at radius 1 is 1.00 bits per heavy atom. The van der Waals surface area contributed by atoms with Gasteiger partial charge in [0.1, 0.15) is 6.29 Å². The van der Waals surface area contributed by atoms with Crippen molar-refractivity contribution in [1.29, 1.82) is 0 Å². The smallest absolute Gasteiger partial charge is 0.310 e. The average Bonchev–Trinajstić information content (AvgIpc) is 3.07. The Labute approximate surface area is 196 Å². The molecule has 5 rings (SSSR count). The third-order valence-corrected chi connectivity index (χ3v) is 10.1. The van der Waals surface area contributed by atoms with E-state index in [4.69, 9.17) is 0 Å². The molecule has 0 amide bonds. The van der Waals surface area contributed by atoms with E-state index >= 15 is 0 Å². The van der Waals surface area contributed by atoms with Crippen LogP contribution < -0.4 is 0 Å². The summed E-state index contributed by atoms with van der Waals surface area (Å²) in [5.74, 6) is -0.707. The number of aldehydes is 1. The molecular formula is C29H34O4. The Hall–Kier alpha value is -2.49. The molecule has 0 unspecified atom stereocenters. The van der Waals surface area contributed by atoms with Gasteiger partial charge < -0.3 is 5.11 Å². The number of fused-ring (bicyclic) bond motifs is 3. The molecule has 4 nitrogen and oxygen atoms in total. The van der Waals surface area contributed by atoms with Gasteiger partial charge in [-0.05, 0) is 97.7 Å². The van der Waals surface area contributed by atoms with E-state index in [1.807, 2.05) is 37.3 Å². The second-order valence-corrected chi connectivity index (χ2v) is 11.4. The summed E-state index contributed by atoms with van der Waals surface area (Å²) in [7, 11) is 0. The predicted molar refractivity (Wildman–Crippen MR) is 127 cm³/mol. The van der Waals surface area contributed by atoms with Crippen molar-refractivity contribution < 1.29 is 19.5 Å². The zero-order valence-electron chi connectivity index (χ0n) is 19.6. The number of hydrogen-bond donors (Lipinski definition) is 1. The van der Waals surface area contributed by atoms with E-state index in [-0.39, 0.29) is 22.5 Å². The van der Waals surface area contributed by atoms with Crippen LogP contribution in [0.25, 0.3) is 6.08 Å². The Bertz CT molecular complexity index is 1040. The van der Waals surface area contributed by atoms with E-state index in [9.17, 15) is 19.5 Å². The van der Waals surface area contributed by atoms with Crippen LogP contribution in [0.15, 0.2) is 48.1 Å². The van der Waals surface area contributed by atoms with Crippen molar-refractivity contribution in [2.24, 2.45) is 39.9 Å². The van der Waals surface area contributed by atoms with Crippen molar-refractivity contribution in [3.8, 4) is 0 Å². The van der Waals surface area contributed by atoms with Crippen LogP contribution in [0.2, 0.25) is 0 Å². The normalized spacial score (nSPS) is 41.7. The molecule has 4 aliphatic rings. The van der Waals surface area contributed by atoms with E-state index in [0.717, 1.165) is 55.9 Å². The lowest BCUT2D eigenvalue weighted by Gasteiger charge is -2.64. The molecule has 0 aromatic heterocycles. The van der Waals surface area contributed by atoms with E-state index in [1.165, 1.54) is 0 Å². The second-order valence-electron chi connectivity index (χ2n) is 11.4. The molecule has 0 heterocycles. The van der Waals surface area contributed by atoms with Crippen LogP contribution in [0.3, 0.4) is 0 Å². The fraction of sp³-hybridized carbons (Fsp3) is 0.552. The van der Waals surface area contributed by atoms with Crippen LogP contribution in [0.4, 0.5) is 0 Å². The molecule has 1 N–H and O–H groups in total. The highest BCUT2D eigenvalue weighted by Crippen LogP contribution is 2.71. The molecule has 0 saturated heterocycles. The Balaban J connectivity index is 1.47. The van der Waals surface area contributed by atoms with Gasteiger partial charge in [0.05, 0.1) is 5.41 Å². The Morgan fingerprint density at radius 3 is 2.45 bits per heavy atom. The van der Waals surface area contributed by atoms with Gasteiger partial charge in [0.15, 0.2) is 5.78 Å². The highest BCUT2D eigenvalue weighted by molar-refractivity contribution is 5.99. The number of aliphatic carboxylic acids is 1. The summed E-state index contributed by atoms with van der Waals surface area (Å²) in [5.41, 5.74) is 0.729. The summed E-state index contributed by atoms with van der Waals surface area (Å²) in [5, 5.41) is 10.5. The van der Waals surface area contributed by atoms with Gasteiger partial charge in [-0.3, -0.25) is 14.4 Å². The average molecular weight is 447 g/mol. The van der Waals surface area contributed by atoms with Crippen molar-refractivity contribution in [1.82, 2.24) is 0 Å². The second kappa shape index (κ2) is 7.78. The molecule has 1 spiro atoms. The van der Waals surface area contributed by atoms with E-state index in [0.29, 0.717) is 18.3 Å². The largest absolute Gasteiger partial charge is 0.481 e. The van der Waals surface area contributed by atoms with Gasteiger partial charge in [-0.1, -0.05) is 49.4 Å². The van der Waals surface area contributed by atoms with Crippen molar-refractivity contribution in [2.45, 2.75) is 58.8 Å². The molecule has 4 aliphatic carbocycles. The van der Waals surface area contributed by atoms with Crippen molar-refractivity contribution in [3.63, 3.8) is 0 Å². The van der Waals surface area contributed by atoms with Gasteiger partial charge in [0.25, 0.3) is 0 Å². The maximum atomic E-state index is 13.4. The zero-order chi connectivity index (χ0) is 23.4. The maximum Gasteiger partial charge on any atom is 0.310 e. The highest BCUT2D eigenvalue weighted by Gasteiger charge is 2.67. The SMILES string of the molecule is C[C@@]12CC[C@@H](C(=O)/C=C/c3ccccc3)[C@](C)(C(=O)O)[C@H]1CC[C@]13C=C(C=O)[C@H](CC[C@H]12)C3. The van der Waals surface area contributed by atoms with Gasteiger partial charge in [-0.2, -0.15) is 0 Å². The minimum Gasteiger partial charge on any atom is -0.481 e. The number of rotatable bonds is 5. The minimum absolute atomic E-state index is 0.0356. The first-order valence-corrected chi connectivity index (χ1v) is 12.4.